The minimum Gasteiger partial charge on any atom is -0.265 e. The molecule has 0 radical (unpaired) electrons. The summed E-state index contributed by atoms with van der Waals surface area (Å²) in [6.07, 6.45) is 8.20. The van der Waals surface area contributed by atoms with E-state index >= 15 is 0 Å². The molecule has 10 rings (SSSR count). The molecule has 0 spiro atoms. The van der Waals surface area contributed by atoms with E-state index in [4.69, 9.17) is 0 Å². The number of halogens is 8. The molecule has 0 atom stereocenters. The van der Waals surface area contributed by atoms with Crippen LogP contribution in [0.2, 0.25) is 0 Å². The molecule has 82 heavy (non-hydrogen) atoms. The molecule has 4 aromatic heterocycles. The van der Waals surface area contributed by atoms with Crippen LogP contribution >= 0.6 is 0 Å². The van der Waals surface area contributed by atoms with E-state index in [2.05, 4.69) is 82.1 Å². The molecule has 10 aromatic rings. The molecule has 0 fully saturated rings. The van der Waals surface area contributed by atoms with Crippen LogP contribution in [0.25, 0.3) is 0 Å². The van der Waals surface area contributed by atoms with Crippen molar-refractivity contribution in [2.75, 3.05) is 0 Å². The van der Waals surface area contributed by atoms with Gasteiger partial charge in [-0.15, -0.1) is 0 Å². The molecular weight excluding hydrogens is 1050 g/mol. The quantitative estimate of drug-likeness (QED) is 0.142. The van der Waals surface area contributed by atoms with E-state index in [9.17, 15) is 35.1 Å². The third-order valence-electron chi connectivity index (χ3n) is 10.6. The normalized spacial score (nSPS) is 9.52. The molecule has 0 unspecified atom stereocenters. The Labute approximate surface area is 481 Å². The van der Waals surface area contributed by atoms with Crippen LogP contribution in [0.15, 0.2) is 219 Å². The van der Waals surface area contributed by atoms with Gasteiger partial charge in [-0.1, -0.05) is 125 Å². The molecule has 0 aliphatic rings. The fraction of sp³-hybridized carbons (Fsp3) is 0.203. The molecule has 0 amide bonds. The summed E-state index contributed by atoms with van der Waals surface area (Å²) >= 11 is 0. The van der Waals surface area contributed by atoms with E-state index in [-0.39, 0.29) is 11.4 Å². The summed E-state index contributed by atoms with van der Waals surface area (Å²) in [6.45, 7) is 24.1. The average molecular weight is 1130 g/mol. The first-order valence-corrected chi connectivity index (χ1v) is 25.9. The highest BCUT2D eigenvalue weighted by molar-refractivity contribution is 5.26. The maximum atomic E-state index is 12.6. The highest BCUT2D eigenvalue weighted by Gasteiger charge is 2.29. The Morgan fingerprint density at radius 1 is 0.305 bits per heavy atom. The zero-order chi connectivity index (χ0) is 61.5. The number of benzene rings is 6. The lowest BCUT2D eigenvalue weighted by Crippen LogP contribution is -2.04. The molecule has 0 N–H and O–H groups in total. The molecule has 0 saturated heterocycles. The third kappa shape index (κ3) is 35.7. The van der Waals surface area contributed by atoms with Gasteiger partial charge in [-0.05, 0) is 190 Å². The molecule has 5 nitrogen and oxygen atoms in total. The first-order valence-electron chi connectivity index (χ1n) is 25.9. The van der Waals surface area contributed by atoms with E-state index in [1.165, 1.54) is 71.1 Å². The van der Waals surface area contributed by atoms with Gasteiger partial charge < -0.3 is 0 Å². The predicted molar refractivity (Wildman–Crippen MR) is 320 cm³/mol. The van der Waals surface area contributed by atoms with E-state index in [0.29, 0.717) is 22.3 Å². The molecule has 13 heteroatoms. The fourth-order valence-corrected chi connectivity index (χ4v) is 5.73. The maximum absolute atomic E-state index is 12.6. The van der Waals surface area contributed by atoms with Gasteiger partial charge in [-0.2, -0.15) is 13.2 Å². The molecule has 6 aromatic carbocycles. The van der Waals surface area contributed by atoms with Gasteiger partial charge in [0.15, 0.2) is 0 Å². The molecule has 0 aliphatic carbocycles. The molecule has 432 valence electrons. The van der Waals surface area contributed by atoms with Crippen molar-refractivity contribution in [2.24, 2.45) is 0 Å². The van der Waals surface area contributed by atoms with E-state index < -0.39 is 35.0 Å². The van der Waals surface area contributed by atoms with Gasteiger partial charge in [-0.3, -0.25) is 15.0 Å². The van der Waals surface area contributed by atoms with Crippen LogP contribution in [0.3, 0.4) is 0 Å². The first kappa shape index (κ1) is 71.3. The second-order valence-electron chi connectivity index (χ2n) is 18.5. The Balaban J connectivity index is 0.000000457. The summed E-state index contributed by atoms with van der Waals surface area (Å²) in [5.74, 6) is -1.26. The highest BCUT2D eigenvalue weighted by Crippen LogP contribution is 2.29. The van der Waals surface area contributed by atoms with Gasteiger partial charge in [0.2, 0.25) is 0 Å². The van der Waals surface area contributed by atoms with Gasteiger partial charge >= 0.3 is 6.18 Å². The summed E-state index contributed by atoms with van der Waals surface area (Å²) in [4.78, 5) is 19.4. The minimum atomic E-state index is -4.22. The number of aryl methyl sites for hydroxylation is 12. The lowest BCUT2D eigenvalue weighted by molar-refractivity contribution is -0.137. The van der Waals surface area contributed by atoms with Crippen molar-refractivity contribution in [3.05, 3.63) is 327 Å². The largest absolute Gasteiger partial charge is 0.416 e. The Bertz CT molecular complexity index is 2930. The van der Waals surface area contributed by atoms with Gasteiger partial charge in [0.1, 0.15) is 34.9 Å². The number of alkyl halides is 3. The molecular formula is C69H75F8N5. The Kier molecular flexibility index (Phi) is 35.2. The second-order valence-corrected chi connectivity index (χ2v) is 18.5. The average Bonchev–Trinajstić information content (AvgIpc) is 3.46. The van der Waals surface area contributed by atoms with Crippen molar-refractivity contribution >= 4 is 0 Å². The van der Waals surface area contributed by atoms with Crippen molar-refractivity contribution in [2.45, 2.75) is 96.2 Å². The molecule has 4 heterocycles. The number of hydrogen-bond donors (Lipinski definition) is 0. The highest BCUT2D eigenvalue weighted by atomic mass is 19.4. The molecule has 0 aliphatic heterocycles. The summed E-state index contributed by atoms with van der Waals surface area (Å²) in [5, 5.41) is 0. The van der Waals surface area contributed by atoms with Gasteiger partial charge in [0.25, 0.3) is 0 Å². The van der Waals surface area contributed by atoms with Gasteiger partial charge in [0.05, 0.1) is 5.56 Å². The zero-order valence-corrected chi connectivity index (χ0v) is 49.0. The van der Waals surface area contributed by atoms with Crippen molar-refractivity contribution in [3.63, 3.8) is 0 Å². The van der Waals surface area contributed by atoms with E-state index in [1.54, 1.807) is 83.1 Å². The summed E-state index contributed by atoms with van der Waals surface area (Å²) in [5.41, 5.74) is 10.4. The van der Waals surface area contributed by atoms with Crippen LogP contribution in [-0.2, 0) is 6.18 Å². The Morgan fingerprint density at radius 2 is 0.756 bits per heavy atom. The smallest absolute Gasteiger partial charge is 0.265 e. The Hall–Kier alpha value is -8.71. The van der Waals surface area contributed by atoms with Crippen molar-refractivity contribution in [1.82, 2.24) is 24.9 Å². The first-order chi connectivity index (χ1) is 38.8. The monoisotopic (exact) mass is 1130 g/mol. The maximum Gasteiger partial charge on any atom is 0.416 e. The fourth-order valence-electron chi connectivity index (χ4n) is 5.73. The number of aromatic nitrogens is 5. The van der Waals surface area contributed by atoms with Crippen LogP contribution in [0.1, 0.15) is 78.3 Å². The number of rotatable bonds is 0. The standard InChI is InChI=1S/C8H7F3.C8H8F2.C8H9F.C8H10.C7H6F2.C7H8.3C6H7N.C5H6N2/c1-6-3-2-4-7(5-6)8(9,10)11;1-5-3-7(9)6(2)8(10)4-5;1-6-3-4-7(2)8(9)5-6;1-7-3-5-8(2)6-4-7;1-5-2-3-6(8)4-7(5)9;1-7-5-3-2-4-6-7;1-6-2-4-7-5-3-6;1-6-3-2-4-7-5-6;1-6-4-2-3-5-7-6;1-5-6-3-2-4-7-5/h2-5H,1H3;3-4H,1-2H3;3-5H,1-2H3;3-6H,1-2H3;2-4H,1H3;2-6H,1H3;3*2-5H,1H3;2-4H,1H3. The minimum absolute atomic E-state index is 0.0885. The molecule has 0 saturated carbocycles. The van der Waals surface area contributed by atoms with Crippen LogP contribution < -0.4 is 0 Å². The SMILES string of the molecule is Cc1cc(F)c(C)c(F)c1.Cc1ccc(C)c(F)c1.Cc1ccc(C)cc1.Cc1ccc(F)cc1F.Cc1cccc(C(F)(F)F)c1.Cc1ccccc1.Cc1ccccn1.Cc1cccnc1.Cc1ccncc1.Cc1ncccn1. The van der Waals surface area contributed by atoms with E-state index in [1.807, 2.05) is 108 Å². The van der Waals surface area contributed by atoms with Crippen molar-refractivity contribution < 1.29 is 35.1 Å². The lowest BCUT2D eigenvalue weighted by Gasteiger charge is -2.05. The molecule has 0 bridgehead atoms. The summed E-state index contributed by atoms with van der Waals surface area (Å²) in [6, 6.07) is 50.9. The topological polar surface area (TPSA) is 64.5 Å². The van der Waals surface area contributed by atoms with Crippen LogP contribution in [0.4, 0.5) is 35.1 Å². The number of nitrogens with zero attached hydrogens (tertiary/aromatic N) is 5. The van der Waals surface area contributed by atoms with Crippen molar-refractivity contribution in [3.8, 4) is 0 Å². The third-order valence-corrected chi connectivity index (χ3v) is 10.6. The predicted octanol–water partition coefficient (Wildman–Crippen LogP) is 19.6. The summed E-state index contributed by atoms with van der Waals surface area (Å²) < 4.78 is 98.1. The van der Waals surface area contributed by atoms with E-state index in [0.717, 1.165) is 35.3 Å². The van der Waals surface area contributed by atoms with Crippen LogP contribution in [0.5, 0.6) is 0 Å². The number of pyridine rings is 3. The van der Waals surface area contributed by atoms with Gasteiger partial charge in [-0.25, -0.2) is 31.9 Å². The lowest BCUT2D eigenvalue weighted by atomic mass is 10.1. The zero-order valence-electron chi connectivity index (χ0n) is 49.0. The second kappa shape index (κ2) is 40.5. The van der Waals surface area contributed by atoms with Crippen molar-refractivity contribution in [1.29, 1.82) is 0 Å². The van der Waals surface area contributed by atoms with Crippen LogP contribution in [0, 0.1) is 119 Å². The van der Waals surface area contributed by atoms with Gasteiger partial charge in [0, 0.05) is 60.7 Å². The summed E-state index contributed by atoms with van der Waals surface area (Å²) in [7, 11) is 0. The number of hydrogen-bond acceptors (Lipinski definition) is 5. The Morgan fingerprint density at radius 3 is 1.09 bits per heavy atom. The van der Waals surface area contributed by atoms with Crippen LogP contribution in [-0.4, -0.2) is 24.9 Å².